The number of ether oxygens (including phenoxy) is 2. The van der Waals surface area contributed by atoms with Crippen molar-refractivity contribution in [3.63, 3.8) is 0 Å². The normalized spacial score (nSPS) is 14.7. The van der Waals surface area contributed by atoms with Gasteiger partial charge in [0.25, 0.3) is 11.1 Å². The lowest BCUT2D eigenvalue weighted by atomic mass is 10.1. The molecule has 0 unspecified atom stereocenters. The van der Waals surface area contributed by atoms with Gasteiger partial charge in [0.1, 0.15) is 6.61 Å². The Labute approximate surface area is 219 Å². The number of aromatic carboxylic acids is 1. The van der Waals surface area contributed by atoms with Crippen molar-refractivity contribution in [2.75, 3.05) is 7.11 Å². The number of carboxylic acids is 1. The summed E-state index contributed by atoms with van der Waals surface area (Å²) in [6.07, 6.45) is -3.16. The summed E-state index contributed by atoms with van der Waals surface area (Å²) in [6.45, 7) is -0.352. The molecule has 0 atom stereocenters. The third-order valence-electron chi connectivity index (χ3n) is 5.61. The van der Waals surface area contributed by atoms with E-state index in [4.69, 9.17) is 14.6 Å². The number of rotatable bonds is 8. The van der Waals surface area contributed by atoms with Crippen molar-refractivity contribution >= 4 is 35.0 Å². The van der Waals surface area contributed by atoms with Crippen LogP contribution in [0.15, 0.2) is 71.6 Å². The predicted octanol–water partition coefficient (Wildman–Crippen LogP) is 6.23. The van der Waals surface area contributed by atoms with E-state index >= 15 is 0 Å². The lowest BCUT2D eigenvalue weighted by Gasteiger charge is -2.17. The Morgan fingerprint density at radius 2 is 1.74 bits per heavy atom. The topological polar surface area (TPSA) is 93.1 Å². The Hall–Kier alpha value is -4.25. The molecule has 3 aromatic carbocycles. The zero-order chi connectivity index (χ0) is 27.4. The highest BCUT2D eigenvalue weighted by Crippen LogP contribution is 2.37. The second-order valence-electron chi connectivity index (χ2n) is 8.12. The molecule has 1 N–H and O–H groups in total. The van der Waals surface area contributed by atoms with Crippen molar-refractivity contribution in [3.8, 4) is 11.5 Å². The van der Waals surface area contributed by atoms with E-state index < -0.39 is 35.4 Å². The second-order valence-corrected chi connectivity index (χ2v) is 9.12. The number of carbonyl (C=O) groups is 3. The molecule has 1 fully saturated rings. The van der Waals surface area contributed by atoms with E-state index in [0.717, 1.165) is 16.5 Å². The predicted molar refractivity (Wildman–Crippen MR) is 134 cm³/mol. The first-order chi connectivity index (χ1) is 18.1. The van der Waals surface area contributed by atoms with Gasteiger partial charge in [0, 0.05) is 0 Å². The van der Waals surface area contributed by atoms with Gasteiger partial charge in [-0.2, -0.15) is 13.2 Å². The van der Waals surface area contributed by atoms with Crippen LogP contribution >= 0.6 is 11.8 Å². The van der Waals surface area contributed by atoms with Crippen LogP contribution < -0.4 is 9.47 Å². The molecule has 196 valence electrons. The van der Waals surface area contributed by atoms with Crippen LogP contribution in [0, 0.1) is 0 Å². The fourth-order valence-corrected chi connectivity index (χ4v) is 4.53. The number of carbonyl (C=O) groups excluding carboxylic acids is 2. The van der Waals surface area contributed by atoms with Crippen LogP contribution in [0.1, 0.15) is 32.6 Å². The van der Waals surface area contributed by atoms with Gasteiger partial charge in [-0.25, -0.2) is 4.79 Å². The Morgan fingerprint density at radius 3 is 2.39 bits per heavy atom. The standard InChI is InChI=1S/C27H20F3NO6S/c1-36-22-12-17(8-11-21(22)37-15-16-6-9-18(10-7-16)25(33)34)13-23-24(32)31(26(35)38-23)14-19-4-2-3-5-20(19)27(28,29)30/h2-13H,14-15H2,1H3,(H,33,34)/b23-13-. The average molecular weight is 544 g/mol. The Bertz CT molecular complexity index is 1420. The molecule has 0 bridgehead atoms. The highest BCUT2D eigenvalue weighted by atomic mass is 32.2. The molecule has 4 rings (SSSR count). The monoisotopic (exact) mass is 543 g/mol. The zero-order valence-electron chi connectivity index (χ0n) is 19.8. The van der Waals surface area contributed by atoms with E-state index in [2.05, 4.69) is 0 Å². The molecule has 0 aromatic heterocycles. The molecule has 11 heteroatoms. The van der Waals surface area contributed by atoms with Crippen LogP contribution in [-0.4, -0.2) is 34.2 Å². The maximum absolute atomic E-state index is 13.3. The van der Waals surface area contributed by atoms with E-state index in [1.165, 1.54) is 43.5 Å². The molecule has 1 saturated heterocycles. The second kappa shape index (κ2) is 11.0. The van der Waals surface area contributed by atoms with E-state index in [0.29, 0.717) is 28.8 Å². The van der Waals surface area contributed by atoms with Crippen LogP contribution in [0.4, 0.5) is 18.0 Å². The van der Waals surface area contributed by atoms with Gasteiger partial charge in [-0.3, -0.25) is 14.5 Å². The molecule has 3 aromatic rings. The third-order valence-corrected chi connectivity index (χ3v) is 6.51. The van der Waals surface area contributed by atoms with Crippen molar-refractivity contribution in [3.05, 3.63) is 99.5 Å². The molecule has 0 saturated carbocycles. The van der Waals surface area contributed by atoms with Gasteiger partial charge in [0.05, 0.1) is 29.7 Å². The minimum Gasteiger partial charge on any atom is -0.493 e. The summed E-state index contributed by atoms with van der Waals surface area (Å²) in [5.74, 6) is -0.983. The number of hydrogen-bond donors (Lipinski definition) is 1. The molecule has 1 aliphatic rings. The van der Waals surface area contributed by atoms with Crippen molar-refractivity contribution < 1.29 is 42.1 Å². The summed E-state index contributed by atoms with van der Waals surface area (Å²) < 4.78 is 51.2. The largest absolute Gasteiger partial charge is 0.493 e. The first kappa shape index (κ1) is 26.8. The highest BCUT2D eigenvalue weighted by molar-refractivity contribution is 8.18. The van der Waals surface area contributed by atoms with Gasteiger partial charge in [-0.15, -0.1) is 0 Å². The molecule has 0 radical (unpaired) electrons. The first-order valence-electron chi connectivity index (χ1n) is 11.1. The molecule has 1 aliphatic heterocycles. The summed E-state index contributed by atoms with van der Waals surface area (Å²) >= 11 is 0.641. The molecule has 38 heavy (non-hydrogen) atoms. The van der Waals surface area contributed by atoms with Crippen LogP contribution in [0.3, 0.4) is 0 Å². The third kappa shape index (κ3) is 6.00. The fraction of sp³-hybridized carbons (Fsp3) is 0.148. The van der Waals surface area contributed by atoms with Crippen LogP contribution in [0.5, 0.6) is 11.5 Å². The Morgan fingerprint density at radius 1 is 1.03 bits per heavy atom. The number of amides is 2. The minimum absolute atomic E-state index is 0.0636. The molecular weight excluding hydrogens is 523 g/mol. The highest BCUT2D eigenvalue weighted by Gasteiger charge is 2.38. The van der Waals surface area contributed by atoms with E-state index in [1.54, 1.807) is 30.3 Å². The summed E-state index contributed by atoms with van der Waals surface area (Å²) in [5.41, 5.74) is 0.332. The molecule has 2 amide bonds. The van der Waals surface area contributed by atoms with Gasteiger partial charge in [0.2, 0.25) is 0 Å². The van der Waals surface area contributed by atoms with Crippen LogP contribution in [-0.2, 0) is 24.1 Å². The number of thioether (sulfide) groups is 1. The lowest BCUT2D eigenvalue weighted by Crippen LogP contribution is -2.28. The van der Waals surface area contributed by atoms with Crippen molar-refractivity contribution in [2.24, 2.45) is 0 Å². The average Bonchev–Trinajstić information content (AvgIpc) is 3.15. The smallest absolute Gasteiger partial charge is 0.416 e. The number of carboxylic acid groups (broad SMARTS) is 1. The maximum Gasteiger partial charge on any atom is 0.416 e. The van der Waals surface area contributed by atoms with Crippen molar-refractivity contribution in [1.82, 2.24) is 4.90 Å². The van der Waals surface area contributed by atoms with E-state index in [1.807, 2.05) is 0 Å². The number of halogens is 3. The summed E-state index contributed by atoms with van der Waals surface area (Å²) in [7, 11) is 1.43. The summed E-state index contributed by atoms with van der Waals surface area (Å²) in [6, 6.07) is 15.9. The van der Waals surface area contributed by atoms with Gasteiger partial charge < -0.3 is 14.6 Å². The fourth-order valence-electron chi connectivity index (χ4n) is 3.69. The van der Waals surface area contributed by atoms with Gasteiger partial charge in [-0.1, -0.05) is 36.4 Å². The number of imide groups is 1. The number of alkyl halides is 3. The molecular formula is C27H20F3NO6S. The first-order valence-corrected chi connectivity index (χ1v) is 11.9. The number of hydrogen-bond acceptors (Lipinski definition) is 6. The van der Waals surface area contributed by atoms with Crippen molar-refractivity contribution in [2.45, 2.75) is 19.3 Å². The summed E-state index contributed by atoms with van der Waals surface area (Å²) in [5, 5.41) is 8.33. The van der Waals surface area contributed by atoms with Gasteiger partial charge in [-0.05, 0) is 64.9 Å². The van der Waals surface area contributed by atoms with Crippen LogP contribution in [0.25, 0.3) is 6.08 Å². The SMILES string of the molecule is COc1cc(/C=C2\SC(=O)N(Cc3ccccc3C(F)(F)F)C2=O)ccc1OCc1ccc(C(=O)O)cc1. The summed E-state index contributed by atoms with van der Waals surface area (Å²) in [4.78, 5) is 37.2. The molecule has 7 nitrogen and oxygen atoms in total. The molecule has 1 heterocycles. The minimum atomic E-state index is -4.61. The number of nitrogens with zero attached hydrogens (tertiary/aromatic N) is 1. The van der Waals surface area contributed by atoms with E-state index in [-0.39, 0.29) is 22.6 Å². The van der Waals surface area contributed by atoms with Crippen LogP contribution in [0.2, 0.25) is 0 Å². The molecule has 0 aliphatic carbocycles. The number of methoxy groups -OCH3 is 1. The van der Waals surface area contributed by atoms with Gasteiger partial charge >= 0.3 is 12.1 Å². The Balaban J connectivity index is 1.48. The molecule has 0 spiro atoms. The Kier molecular flexibility index (Phi) is 7.77. The van der Waals surface area contributed by atoms with Crippen molar-refractivity contribution in [1.29, 1.82) is 0 Å². The lowest BCUT2D eigenvalue weighted by molar-refractivity contribution is -0.139. The zero-order valence-corrected chi connectivity index (χ0v) is 20.6. The van der Waals surface area contributed by atoms with Gasteiger partial charge in [0.15, 0.2) is 11.5 Å². The number of benzene rings is 3. The maximum atomic E-state index is 13.3. The quantitative estimate of drug-likeness (QED) is 0.337. The van der Waals surface area contributed by atoms with E-state index in [9.17, 15) is 27.6 Å².